The SMILES string of the molecule is Cc1nn(-c2ccccc2)c(Cl)c1C(=O)OCC(=O)N1CCC[C@H]2CCCC[C@H]21. The van der Waals surface area contributed by atoms with Crippen LogP contribution in [0.1, 0.15) is 54.6 Å². The lowest BCUT2D eigenvalue weighted by Gasteiger charge is -2.44. The number of hydrogen-bond donors (Lipinski definition) is 0. The number of esters is 1. The van der Waals surface area contributed by atoms with Crippen molar-refractivity contribution in [2.75, 3.05) is 13.2 Å². The van der Waals surface area contributed by atoms with Gasteiger partial charge in [0.15, 0.2) is 6.61 Å². The van der Waals surface area contributed by atoms with Crippen LogP contribution in [0.5, 0.6) is 0 Å². The van der Waals surface area contributed by atoms with Crippen molar-refractivity contribution in [1.82, 2.24) is 14.7 Å². The molecule has 0 spiro atoms. The van der Waals surface area contributed by atoms with Gasteiger partial charge >= 0.3 is 5.97 Å². The van der Waals surface area contributed by atoms with Crippen molar-refractivity contribution >= 4 is 23.5 Å². The number of ether oxygens (including phenoxy) is 1. The molecule has 7 heteroatoms. The lowest BCUT2D eigenvalue weighted by atomic mass is 9.78. The number of hydrogen-bond acceptors (Lipinski definition) is 4. The summed E-state index contributed by atoms with van der Waals surface area (Å²) in [6.07, 6.45) is 6.89. The predicted molar refractivity (Wildman–Crippen MR) is 110 cm³/mol. The molecule has 1 amide bonds. The maximum Gasteiger partial charge on any atom is 0.343 e. The molecular weight excluding hydrogens is 390 g/mol. The molecule has 29 heavy (non-hydrogen) atoms. The molecule has 6 nitrogen and oxygen atoms in total. The molecule has 2 aliphatic rings. The molecule has 4 rings (SSSR count). The first-order chi connectivity index (χ1) is 14.1. The maximum atomic E-state index is 12.8. The third-order valence-electron chi connectivity index (χ3n) is 6.10. The molecule has 2 atom stereocenters. The number of carbonyl (C=O) groups excluding carboxylic acids is 2. The van der Waals surface area contributed by atoms with Crippen molar-refractivity contribution in [1.29, 1.82) is 0 Å². The van der Waals surface area contributed by atoms with Gasteiger partial charge in [-0.25, -0.2) is 9.48 Å². The monoisotopic (exact) mass is 415 g/mol. The van der Waals surface area contributed by atoms with Crippen molar-refractivity contribution in [2.45, 2.75) is 51.5 Å². The number of nitrogens with zero attached hydrogens (tertiary/aromatic N) is 3. The highest BCUT2D eigenvalue weighted by molar-refractivity contribution is 6.33. The van der Waals surface area contributed by atoms with Gasteiger partial charge < -0.3 is 9.64 Å². The Morgan fingerprint density at radius 2 is 1.86 bits per heavy atom. The Labute approximate surface area is 175 Å². The molecular formula is C22H26ClN3O3. The van der Waals surface area contributed by atoms with E-state index in [0.29, 0.717) is 17.7 Å². The maximum absolute atomic E-state index is 12.8. The summed E-state index contributed by atoms with van der Waals surface area (Å²) in [4.78, 5) is 27.4. The van der Waals surface area contributed by atoms with E-state index in [4.69, 9.17) is 16.3 Å². The zero-order valence-corrected chi connectivity index (χ0v) is 17.4. The molecule has 2 fully saturated rings. The van der Waals surface area contributed by atoms with Gasteiger partial charge in [-0.3, -0.25) is 4.79 Å². The van der Waals surface area contributed by atoms with Crippen molar-refractivity contribution in [3.05, 3.63) is 46.7 Å². The predicted octanol–water partition coefficient (Wildman–Crippen LogP) is 4.17. The molecule has 1 saturated carbocycles. The third kappa shape index (κ3) is 4.04. The largest absolute Gasteiger partial charge is 0.452 e. The van der Waals surface area contributed by atoms with Gasteiger partial charge in [0.1, 0.15) is 10.7 Å². The summed E-state index contributed by atoms with van der Waals surface area (Å²) in [5.74, 6) is -0.127. The number of rotatable bonds is 4. The van der Waals surface area contributed by atoms with Crippen molar-refractivity contribution < 1.29 is 14.3 Å². The molecule has 0 N–H and O–H groups in total. The number of halogens is 1. The van der Waals surface area contributed by atoms with Gasteiger partial charge in [0.05, 0.1) is 11.4 Å². The van der Waals surface area contributed by atoms with E-state index in [-0.39, 0.29) is 23.2 Å². The van der Waals surface area contributed by atoms with E-state index in [2.05, 4.69) is 5.10 Å². The molecule has 154 valence electrons. The lowest BCUT2D eigenvalue weighted by Crippen LogP contribution is -2.50. The van der Waals surface area contributed by atoms with Crippen LogP contribution in [0, 0.1) is 12.8 Å². The third-order valence-corrected chi connectivity index (χ3v) is 6.45. The van der Waals surface area contributed by atoms with Crippen molar-refractivity contribution in [2.24, 2.45) is 5.92 Å². The average molecular weight is 416 g/mol. The Morgan fingerprint density at radius 1 is 1.14 bits per heavy atom. The van der Waals surface area contributed by atoms with Crippen LogP contribution in [0.15, 0.2) is 30.3 Å². The molecule has 2 heterocycles. The number of piperidine rings is 1. The van der Waals surface area contributed by atoms with Crippen molar-refractivity contribution in [3.8, 4) is 5.69 Å². The summed E-state index contributed by atoms with van der Waals surface area (Å²) in [6.45, 7) is 2.21. The molecule has 1 aliphatic heterocycles. The van der Waals surface area contributed by atoms with Gasteiger partial charge in [-0.1, -0.05) is 42.6 Å². The minimum Gasteiger partial charge on any atom is -0.452 e. The summed E-state index contributed by atoms with van der Waals surface area (Å²) in [6, 6.07) is 9.65. The molecule has 0 bridgehead atoms. The number of benzene rings is 1. The van der Waals surface area contributed by atoms with Crippen molar-refractivity contribution in [3.63, 3.8) is 0 Å². The first-order valence-corrected chi connectivity index (χ1v) is 10.7. The highest BCUT2D eigenvalue weighted by Gasteiger charge is 2.36. The number of aromatic nitrogens is 2. The van der Waals surface area contributed by atoms with Crippen LogP contribution in [0.2, 0.25) is 5.15 Å². The average Bonchev–Trinajstić information content (AvgIpc) is 3.06. The molecule has 0 radical (unpaired) electrons. The quantitative estimate of drug-likeness (QED) is 0.703. The van der Waals surface area contributed by atoms with Crippen LogP contribution in [0.3, 0.4) is 0 Å². The Bertz CT molecular complexity index is 894. The molecule has 1 aromatic heterocycles. The van der Waals surface area contributed by atoms with E-state index in [9.17, 15) is 9.59 Å². The van der Waals surface area contributed by atoms with E-state index in [0.717, 1.165) is 31.5 Å². The number of likely N-dealkylation sites (tertiary alicyclic amines) is 1. The number of para-hydroxylation sites is 1. The minimum absolute atomic E-state index is 0.112. The van der Waals surface area contributed by atoms with Gasteiger partial charge in [-0.05, 0) is 50.7 Å². The highest BCUT2D eigenvalue weighted by Crippen LogP contribution is 2.35. The van der Waals surface area contributed by atoms with E-state index in [1.54, 1.807) is 6.92 Å². The van der Waals surface area contributed by atoms with Crippen LogP contribution < -0.4 is 0 Å². The summed E-state index contributed by atoms with van der Waals surface area (Å²) < 4.78 is 6.87. The number of carbonyl (C=O) groups is 2. The lowest BCUT2D eigenvalue weighted by molar-refractivity contribution is -0.140. The standard InChI is InChI=1S/C22H26ClN3O3/c1-15-20(21(23)26(24-15)17-10-3-2-4-11-17)22(28)29-14-19(27)25-13-7-9-16-8-5-6-12-18(16)25/h2-4,10-11,16,18H,5-9,12-14H2,1H3/t16-,18-/m1/s1. The Morgan fingerprint density at radius 3 is 2.66 bits per heavy atom. The van der Waals surface area contributed by atoms with Crippen LogP contribution >= 0.6 is 11.6 Å². The molecule has 1 saturated heterocycles. The van der Waals surface area contributed by atoms with Gasteiger partial charge in [-0.15, -0.1) is 0 Å². The summed E-state index contributed by atoms with van der Waals surface area (Å²) in [5, 5.41) is 4.55. The highest BCUT2D eigenvalue weighted by atomic mass is 35.5. The fourth-order valence-corrected chi connectivity index (χ4v) is 5.04. The fourth-order valence-electron chi connectivity index (χ4n) is 4.69. The van der Waals surface area contributed by atoms with Crippen LogP contribution in [0.4, 0.5) is 0 Å². The second-order valence-electron chi connectivity index (χ2n) is 7.92. The van der Waals surface area contributed by atoms with E-state index in [1.165, 1.54) is 23.9 Å². The van der Waals surface area contributed by atoms with E-state index in [1.807, 2.05) is 35.2 Å². The van der Waals surface area contributed by atoms with E-state index < -0.39 is 5.97 Å². The summed E-state index contributed by atoms with van der Waals surface area (Å²) in [5.41, 5.74) is 1.44. The van der Waals surface area contributed by atoms with Gasteiger partial charge in [0.2, 0.25) is 0 Å². The first-order valence-electron chi connectivity index (χ1n) is 10.3. The second kappa shape index (κ2) is 8.57. The Balaban J connectivity index is 1.43. The molecule has 1 aliphatic carbocycles. The zero-order valence-electron chi connectivity index (χ0n) is 16.6. The normalized spacial score (nSPS) is 21.5. The summed E-state index contributed by atoms with van der Waals surface area (Å²) >= 11 is 6.42. The second-order valence-corrected chi connectivity index (χ2v) is 8.27. The van der Waals surface area contributed by atoms with Crippen LogP contribution in [0.25, 0.3) is 5.69 Å². The number of fused-ring (bicyclic) bond motifs is 1. The summed E-state index contributed by atoms with van der Waals surface area (Å²) in [7, 11) is 0. The smallest absolute Gasteiger partial charge is 0.343 e. The van der Waals surface area contributed by atoms with Gasteiger partial charge in [-0.2, -0.15) is 5.10 Å². The zero-order chi connectivity index (χ0) is 20.4. The van der Waals surface area contributed by atoms with Crippen LogP contribution in [-0.2, 0) is 9.53 Å². The first kappa shape index (κ1) is 20.0. The van der Waals surface area contributed by atoms with Crippen LogP contribution in [-0.4, -0.2) is 45.8 Å². The number of aryl methyl sites for hydroxylation is 1. The molecule has 2 aromatic rings. The number of amides is 1. The van der Waals surface area contributed by atoms with Gasteiger partial charge in [0.25, 0.3) is 5.91 Å². The molecule has 1 aromatic carbocycles. The minimum atomic E-state index is -0.611. The Kier molecular flexibility index (Phi) is 5.90. The van der Waals surface area contributed by atoms with E-state index >= 15 is 0 Å². The molecule has 0 unspecified atom stereocenters. The topological polar surface area (TPSA) is 64.4 Å². The van der Waals surface area contributed by atoms with Gasteiger partial charge in [0, 0.05) is 12.6 Å². The fraction of sp³-hybridized carbons (Fsp3) is 0.500. The Hall–Kier alpha value is -2.34.